The van der Waals surface area contributed by atoms with Gasteiger partial charge in [-0.25, -0.2) is 9.98 Å². The third-order valence-electron chi connectivity index (χ3n) is 5.68. The lowest BCUT2D eigenvalue weighted by molar-refractivity contribution is -0.127. The van der Waals surface area contributed by atoms with Crippen molar-refractivity contribution in [3.05, 3.63) is 23.9 Å². The Labute approximate surface area is 180 Å². The third kappa shape index (κ3) is 6.86. The van der Waals surface area contributed by atoms with Gasteiger partial charge in [-0.1, -0.05) is 6.07 Å². The van der Waals surface area contributed by atoms with E-state index >= 15 is 0 Å². The second kappa shape index (κ2) is 11.2. The molecule has 30 heavy (non-hydrogen) atoms. The Kier molecular flexibility index (Phi) is 8.30. The molecular weight excluding hydrogens is 380 g/mol. The zero-order valence-corrected chi connectivity index (χ0v) is 18.6. The maximum Gasteiger partial charge on any atom is 0.243 e. The van der Waals surface area contributed by atoms with Crippen LogP contribution in [0, 0.1) is 6.92 Å². The number of carbonyl (C=O) groups excluding carboxylic acids is 1. The second-order valence-electron chi connectivity index (χ2n) is 8.37. The highest BCUT2D eigenvalue weighted by molar-refractivity contribution is 5.85. The van der Waals surface area contributed by atoms with E-state index in [1.807, 2.05) is 13.0 Å². The smallest absolute Gasteiger partial charge is 0.243 e. The number of anilines is 1. The zero-order valence-electron chi connectivity index (χ0n) is 18.6. The first-order chi connectivity index (χ1) is 14.5. The van der Waals surface area contributed by atoms with Crippen LogP contribution in [0.15, 0.2) is 23.2 Å². The van der Waals surface area contributed by atoms with E-state index in [-0.39, 0.29) is 18.6 Å². The number of pyridine rings is 1. The maximum absolute atomic E-state index is 12.0. The SMILES string of the molecule is Cc1cccc(N2CCC(NC(=NCC(=O)N(C)C)NCC3CCCCO3)CC2)n1. The average molecular weight is 417 g/mol. The van der Waals surface area contributed by atoms with Gasteiger partial charge in [0.05, 0.1) is 6.10 Å². The van der Waals surface area contributed by atoms with Crippen LogP contribution in [-0.2, 0) is 9.53 Å². The fourth-order valence-electron chi connectivity index (χ4n) is 3.77. The van der Waals surface area contributed by atoms with Crippen molar-refractivity contribution in [3.8, 4) is 0 Å². The van der Waals surface area contributed by atoms with Crippen molar-refractivity contribution in [2.75, 3.05) is 51.8 Å². The standard InChI is InChI=1S/C22H36N6O2/c1-17-7-6-9-20(25-17)28-12-10-18(11-13-28)26-22(24-16-21(29)27(2)3)23-15-19-8-4-5-14-30-19/h6-7,9,18-19H,4-5,8,10-16H2,1-3H3,(H2,23,24,26). The zero-order chi connectivity index (χ0) is 21.3. The molecule has 2 fully saturated rings. The minimum absolute atomic E-state index is 0.00893. The Morgan fingerprint density at radius 1 is 1.27 bits per heavy atom. The number of piperidine rings is 1. The van der Waals surface area contributed by atoms with Crippen LogP contribution in [-0.4, -0.2) is 80.8 Å². The van der Waals surface area contributed by atoms with E-state index in [1.165, 1.54) is 6.42 Å². The van der Waals surface area contributed by atoms with Crippen molar-refractivity contribution >= 4 is 17.7 Å². The summed E-state index contributed by atoms with van der Waals surface area (Å²) in [6.07, 6.45) is 5.62. The molecule has 2 aliphatic heterocycles. The van der Waals surface area contributed by atoms with Crippen LogP contribution in [0.3, 0.4) is 0 Å². The van der Waals surface area contributed by atoms with Crippen LogP contribution < -0.4 is 15.5 Å². The summed E-state index contributed by atoms with van der Waals surface area (Å²) in [6, 6.07) is 6.48. The van der Waals surface area contributed by atoms with Gasteiger partial charge in [-0.2, -0.15) is 0 Å². The summed E-state index contributed by atoms with van der Waals surface area (Å²) >= 11 is 0. The van der Waals surface area contributed by atoms with Gasteiger partial charge in [0.25, 0.3) is 0 Å². The van der Waals surface area contributed by atoms with E-state index in [2.05, 4.69) is 37.6 Å². The molecule has 0 aliphatic carbocycles. The molecule has 3 rings (SSSR count). The van der Waals surface area contributed by atoms with E-state index in [0.29, 0.717) is 18.5 Å². The van der Waals surface area contributed by atoms with Crippen LogP contribution in [0.5, 0.6) is 0 Å². The number of nitrogens with one attached hydrogen (secondary N) is 2. The number of aryl methyl sites for hydroxylation is 1. The lowest BCUT2D eigenvalue weighted by Crippen LogP contribution is -2.50. The topological polar surface area (TPSA) is 82.1 Å². The number of hydrogen-bond acceptors (Lipinski definition) is 5. The first kappa shape index (κ1) is 22.3. The van der Waals surface area contributed by atoms with E-state index in [4.69, 9.17) is 4.74 Å². The van der Waals surface area contributed by atoms with Crippen LogP contribution in [0.1, 0.15) is 37.8 Å². The molecule has 2 N–H and O–H groups in total. The number of guanidine groups is 1. The fraction of sp³-hybridized carbons (Fsp3) is 0.682. The van der Waals surface area contributed by atoms with E-state index in [0.717, 1.165) is 56.9 Å². The van der Waals surface area contributed by atoms with Gasteiger partial charge < -0.3 is 25.2 Å². The number of amides is 1. The van der Waals surface area contributed by atoms with Crippen LogP contribution in [0.25, 0.3) is 0 Å². The molecule has 0 saturated carbocycles. The lowest BCUT2D eigenvalue weighted by atomic mass is 10.1. The van der Waals surface area contributed by atoms with Gasteiger partial charge in [0.15, 0.2) is 5.96 Å². The first-order valence-electron chi connectivity index (χ1n) is 11.1. The number of carbonyl (C=O) groups is 1. The molecule has 1 unspecified atom stereocenters. The molecule has 0 radical (unpaired) electrons. The number of nitrogens with zero attached hydrogens (tertiary/aromatic N) is 4. The normalized spacial score (nSPS) is 20.7. The summed E-state index contributed by atoms with van der Waals surface area (Å²) in [5.74, 6) is 1.74. The predicted octanol–water partition coefficient (Wildman–Crippen LogP) is 1.55. The molecule has 1 amide bonds. The predicted molar refractivity (Wildman–Crippen MR) is 120 cm³/mol. The lowest BCUT2D eigenvalue weighted by Gasteiger charge is -2.34. The summed E-state index contributed by atoms with van der Waals surface area (Å²) in [6.45, 7) is 5.61. The molecule has 8 nitrogen and oxygen atoms in total. The molecule has 3 heterocycles. The monoisotopic (exact) mass is 416 g/mol. The van der Waals surface area contributed by atoms with Gasteiger partial charge in [-0.05, 0) is 51.2 Å². The Morgan fingerprint density at radius 3 is 2.73 bits per heavy atom. The van der Waals surface area contributed by atoms with Crippen molar-refractivity contribution in [1.29, 1.82) is 0 Å². The van der Waals surface area contributed by atoms with Crippen molar-refractivity contribution in [1.82, 2.24) is 20.5 Å². The minimum atomic E-state index is -0.00893. The number of aliphatic imine (C=N–C) groups is 1. The molecule has 0 bridgehead atoms. The molecule has 8 heteroatoms. The molecule has 2 aliphatic rings. The number of rotatable bonds is 6. The molecule has 0 aromatic carbocycles. The summed E-state index contributed by atoms with van der Waals surface area (Å²) in [5.41, 5.74) is 1.04. The van der Waals surface area contributed by atoms with Gasteiger partial charge >= 0.3 is 0 Å². The van der Waals surface area contributed by atoms with Crippen molar-refractivity contribution in [2.45, 2.75) is 51.2 Å². The quantitative estimate of drug-likeness (QED) is 0.541. The molecule has 166 valence electrons. The molecule has 1 atom stereocenters. The van der Waals surface area contributed by atoms with Gasteiger partial charge in [-0.3, -0.25) is 4.79 Å². The second-order valence-corrected chi connectivity index (χ2v) is 8.37. The molecule has 2 saturated heterocycles. The number of likely N-dealkylation sites (N-methyl/N-ethyl adjacent to an activating group) is 1. The molecule has 1 aromatic rings. The van der Waals surface area contributed by atoms with E-state index in [9.17, 15) is 4.79 Å². The van der Waals surface area contributed by atoms with Crippen LogP contribution in [0.2, 0.25) is 0 Å². The molecule has 1 aromatic heterocycles. The summed E-state index contributed by atoms with van der Waals surface area (Å²) in [5, 5.41) is 6.94. The van der Waals surface area contributed by atoms with Crippen LogP contribution >= 0.6 is 0 Å². The molecular formula is C22H36N6O2. The highest BCUT2D eigenvalue weighted by atomic mass is 16.5. The van der Waals surface area contributed by atoms with Crippen molar-refractivity contribution < 1.29 is 9.53 Å². The Bertz CT molecular complexity index is 709. The first-order valence-corrected chi connectivity index (χ1v) is 11.1. The van der Waals surface area contributed by atoms with Gasteiger partial charge in [0.1, 0.15) is 12.4 Å². The van der Waals surface area contributed by atoms with Gasteiger partial charge in [-0.15, -0.1) is 0 Å². The van der Waals surface area contributed by atoms with Gasteiger partial charge in [0, 0.05) is 52.1 Å². The summed E-state index contributed by atoms with van der Waals surface area (Å²) in [4.78, 5) is 25.1. The largest absolute Gasteiger partial charge is 0.376 e. The summed E-state index contributed by atoms with van der Waals surface area (Å²) < 4.78 is 5.82. The van der Waals surface area contributed by atoms with E-state index in [1.54, 1.807) is 19.0 Å². The Balaban J connectivity index is 1.54. The Hall–Kier alpha value is -2.35. The summed E-state index contributed by atoms with van der Waals surface area (Å²) in [7, 11) is 3.51. The van der Waals surface area contributed by atoms with Crippen molar-refractivity contribution in [2.24, 2.45) is 4.99 Å². The highest BCUT2D eigenvalue weighted by Crippen LogP contribution is 2.18. The fourth-order valence-corrected chi connectivity index (χ4v) is 3.77. The number of ether oxygens (including phenoxy) is 1. The third-order valence-corrected chi connectivity index (χ3v) is 5.68. The molecule has 0 spiro atoms. The Morgan fingerprint density at radius 2 is 2.07 bits per heavy atom. The number of aromatic nitrogens is 1. The number of hydrogen-bond donors (Lipinski definition) is 2. The van der Waals surface area contributed by atoms with E-state index < -0.39 is 0 Å². The maximum atomic E-state index is 12.0. The van der Waals surface area contributed by atoms with Crippen LogP contribution in [0.4, 0.5) is 5.82 Å². The van der Waals surface area contributed by atoms with Gasteiger partial charge in [0.2, 0.25) is 5.91 Å². The minimum Gasteiger partial charge on any atom is -0.376 e. The average Bonchev–Trinajstić information content (AvgIpc) is 2.76. The highest BCUT2D eigenvalue weighted by Gasteiger charge is 2.22. The van der Waals surface area contributed by atoms with Crippen molar-refractivity contribution in [3.63, 3.8) is 0 Å².